The highest BCUT2D eigenvalue weighted by molar-refractivity contribution is 6.30. The summed E-state index contributed by atoms with van der Waals surface area (Å²) in [7, 11) is 0. The van der Waals surface area contributed by atoms with E-state index < -0.39 is 11.9 Å². The second-order valence-corrected chi connectivity index (χ2v) is 11.1. The summed E-state index contributed by atoms with van der Waals surface area (Å²) in [5, 5.41) is 15.0. The Morgan fingerprint density at radius 2 is 1.68 bits per heavy atom. The predicted octanol–water partition coefficient (Wildman–Crippen LogP) is 8.32. The predicted molar refractivity (Wildman–Crippen MR) is 156 cm³/mol. The first-order valence-corrected chi connectivity index (χ1v) is 14.0. The van der Waals surface area contributed by atoms with E-state index in [1.807, 2.05) is 42.6 Å². The number of rotatable bonds is 9. The zero-order valence-corrected chi connectivity index (χ0v) is 22.6. The van der Waals surface area contributed by atoms with Gasteiger partial charge in [0, 0.05) is 28.8 Å². The number of aromatic nitrogens is 1. The maximum Gasteiger partial charge on any atom is 0.310 e. The molecule has 0 aliphatic heterocycles. The summed E-state index contributed by atoms with van der Waals surface area (Å²) in [6, 6.07) is 26.8. The van der Waals surface area contributed by atoms with E-state index in [-0.39, 0.29) is 0 Å². The van der Waals surface area contributed by atoms with Gasteiger partial charge in [0.2, 0.25) is 0 Å². The van der Waals surface area contributed by atoms with Crippen LogP contribution in [0.25, 0.3) is 10.9 Å². The SMILES string of the molecule is CC(C(=O)O)c1ccc(C[C@@H](CNc2ccc(Cl)cc2)[C@H]2CC[C@@H](c3ccnc4ccccc43)CC2)cc1. The molecule has 0 bridgehead atoms. The van der Waals surface area contributed by atoms with E-state index in [2.05, 4.69) is 52.8 Å². The Morgan fingerprint density at radius 1 is 0.974 bits per heavy atom. The van der Waals surface area contributed by atoms with Gasteiger partial charge in [-0.1, -0.05) is 54.1 Å². The summed E-state index contributed by atoms with van der Waals surface area (Å²) in [5.41, 5.74) is 5.71. The largest absolute Gasteiger partial charge is 0.481 e. The van der Waals surface area contributed by atoms with Gasteiger partial charge in [-0.3, -0.25) is 9.78 Å². The van der Waals surface area contributed by atoms with Crippen LogP contribution in [-0.2, 0) is 11.2 Å². The Bertz CT molecular complexity index is 1360. The van der Waals surface area contributed by atoms with Crippen LogP contribution in [0.4, 0.5) is 5.69 Å². The first-order valence-electron chi connectivity index (χ1n) is 13.6. The number of halogens is 1. The second-order valence-electron chi connectivity index (χ2n) is 10.7. The molecule has 1 saturated carbocycles. The van der Waals surface area contributed by atoms with E-state index in [0.29, 0.717) is 17.8 Å². The molecule has 196 valence electrons. The maximum atomic E-state index is 11.4. The summed E-state index contributed by atoms with van der Waals surface area (Å²) in [6.07, 6.45) is 7.69. The minimum atomic E-state index is -0.790. The van der Waals surface area contributed by atoms with Crippen molar-refractivity contribution in [2.75, 3.05) is 11.9 Å². The third kappa shape index (κ3) is 6.19. The minimum absolute atomic E-state index is 0.476. The van der Waals surface area contributed by atoms with Gasteiger partial charge in [0.15, 0.2) is 0 Å². The average molecular weight is 527 g/mol. The van der Waals surface area contributed by atoms with Gasteiger partial charge in [-0.25, -0.2) is 0 Å². The van der Waals surface area contributed by atoms with Crippen LogP contribution < -0.4 is 5.32 Å². The van der Waals surface area contributed by atoms with Gasteiger partial charge in [-0.2, -0.15) is 0 Å². The molecular weight excluding hydrogens is 492 g/mol. The molecule has 2 atom stereocenters. The summed E-state index contributed by atoms with van der Waals surface area (Å²) in [4.78, 5) is 16.0. The van der Waals surface area contributed by atoms with Crippen molar-refractivity contribution in [2.45, 2.75) is 50.9 Å². The van der Waals surface area contributed by atoms with Gasteiger partial charge in [0.25, 0.3) is 0 Å². The Balaban J connectivity index is 1.30. The van der Waals surface area contributed by atoms with Crippen molar-refractivity contribution in [1.82, 2.24) is 4.98 Å². The number of hydrogen-bond acceptors (Lipinski definition) is 3. The highest BCUT2D eigenvalue weighted by Crippen LogP contribution is 2.41. The lowest BCUT2D eigenvalue weighted by Gasteiger charge is -2.35. The molecule has 5 rings (SSSR count). The number of aliphatic carboxylic acids is 1. The van der Waals surface area contributed by atoms with Crippen molar-refractivity contribution >= 4 is 34.2 Å². The van der Waals surface area contributed by atoms with Crippen molar-refractivity contribution < 1.29 is 9.90 Å². The number of hydrogen-bond donors (Lipinski definition) is 2. The van der Waals surface area contributed by atoms with E-state index in [1.165, 1.54) is 42.2 Å². The number of anilines is 1. The van der Waals surface area contributed by atoms with E-state index in [1.54, 1.807) is 6.92 Å². The van der Waals surface area contributed by atoms with Crippen molar-refractivity contribution in [1.29, 1.82) is 0 Å². The lowest BCUT2D eigenvalue weighted by molar-refractivity contribution is -0.138. The van der Waals surface area contributed by atoms with Gasteiger partial charge >= 0.3 is 5.97 Å². The number of para-hydroxylation sites is 1. The molecule has 4 nitrogen and oxygen atoms in total. The first kappa shape index (κ1) is 26.2. The molecule has 3 aromatic carbocycles. The molecule has 1 aromatic heterocycles. The maximum absolute atomic E-state index is 11.4. The van der Waals surface area contributed by atoms with E-state index in [9.17, 15) is 9.90 Å². The molecule has 1 heterocycles. The van der Waals surface area contributed by atoms with Crippen molar-refractivity contribution in [2.24, 2.45) is 11.8 Å². The number of carbonyl (C=O) groups is 1. The standard InChI is InChI=1S/C33H35ClN2O2/c1-22(33(37)38)24-8-6-23(7-9-24)20-27(21-36-29-16-14-28(34)15-17-29)25-10-12-26(13-11-25)30-18-19-35-32-5-3-2-4-31(30)32/h2-9,14-19,22,25-27,36H,10-13,20-21H2,1H3,(H,37,38)/t22?,25-,26+,27-/m0/s1. The molecule has 2 N–H and O–H groups in total. The number of pyridine rings is 1. The number of carboxylic acids is 1. The zero-order chi connectivity index (χ0) is 26.5. The number of fused-ring (bicyclic) bond motifs is 1. The highest BCUT2D eigenvalue weighted by Gasteiger charge is 2.29. The Kier molecular flexibility index (Phi) is 8.29. The van der Waals surface area contributed by atoms with Crippen LogP contribution >= 0.6 is 11.6 Å². The summed E-state index contributed by atoms with van der Waals surface area (Å²) < 4.78 is 0. The van der Waals surface area contributed by atoms with Crippen molar-refractivity contribution in [3.63, 3.8) is 0 Å². The summed E-state index contributed by atoms with van der Waals surface area (Å²) in [6.45, 7) is 2.63. The van der Waals surface area contributed by atoms with Gasteiger partial charge in [-0.15, -0.1) is 0 Å². The molecular formula is C33H35ClN2O2. The Hall–Kier alpha value is -3.37. The van der Waals surface area contributed by atoms with Crippen LogP contribution in [0.5, 0.6) is 0 Å². The molecule has 5 heteroatoms. The highest BCUT2D eigenvalue weighted by atomic mass is 35.5. The van der Waals surface area contributed by atoms with Gasteiger partial charge in [0.05, 0.1) is 11.4 Å². The molecule has 38 heavy (non-hydrogen) atoms. The van der Waals surface area contributed by atoms with Crippen LogP contribution in [-0.4, -0.2) is 22.6 Å². The smallest absolute Gasteiger partial charge is 0.310 e. The van der Waals surface area contributed by atoms with Gasteiger partial charge in [-0.05, 0) is 110 Å². The fraction of sp³-hybridized carbons (Fsp3) is 0.333. The monoisotopic (exact) mass is 526 g/mol. The summed E-state index contributed by atoms with van der Waals surface area (Å²) >= 11 is 6.09. The molecule has 0 amide bonds. The average Bonchev–Trinajstić information content (AvgIpc) is 2.96. The van der Waals surface area contributed by atoms with Crippen molar-refractivity contribution in [3.8, 4) is 0 Å². The Labute approximate surface area is 230 Å². The topological polar surface area (TPSA) is 62.2 Å². The van der Waals surface area contributed by atoms with Crippen LogP contribution in [0.2, 0.25) is 5.02 Å². The minimum Gasteiger partial charge on any atom is -0.481 e. The number of nitrogens with one attached hydrogen (secondary N) is 1. The quantitative estimate of drug-likeness (QED) is 0.230. The molecule has 0 saturated heterocycles. The summed E-state index contributed by atoms with van der Waals surface area (Å²) in [5.74, 6) is 0.383. The number of benzene rings is 3. The fourth-order valence-corrected chi connectivity index (χ4v) is 6.11. The number of carboxylic acid groups (broad SMARTS) is 1. The second kappa shape index (κ2) is 12.0. The van der Waals surface area contributed by atoms with Crippen molar-refractivity contribution in [3.05, 3.63) is 107 Å². The molecule has 4 aromatic rings. The third-order valence-electron chi connectivity index (χ3n) is 8.32. The van der Waals surface area contributed by atoms with Gasteiger partial charge < -0.3 is 10.4 Å². The fourth-order valence-electron chi connectivity index (χ4n) is 5.99. The van der Waals surface area contributed by atoms with Crippen LogP contribution in [0.1, 0.15) is 61.1 Å². The molecule has 0 spiro atoms. The third-order valence-corrected chi connectivity index (χ3v) is 8.57. The normalized spacial score (nSPS) is 19.1. The van der Waals surface area contributed by atoms with Crippen LogP contribution in [0, 0.1) is 11.8 Å². The molecule has 1 aliphatic carbocycles. The van der Waals surface area contributed by atoms with Crippen LogP contribution in [0.15, 0.2) is 85.1 Å². The van der Waals surface area contributed by atoms with E-state index >= 15 is 0 Å². The van der Waals surface area contributed by atoms with E-state index in [4.69, 9.17) is 11.6 Å². The zero-order valence-electron chi connectivity index (χ0n) is 21.8. The lowest BCUT2D eigenvalue weighted by Crippen LogP contribution is -2.28. The molecule has 0 radical (unpaired) electrons. The Morgan fingerprint density at radius 3 is 2.39 bits per heavy atom. The first-order chi connectivity index (χ1) is 18.5. The number of nitrogens with zero attached hydrogens (tertiary/aromatic N) is 1. The molecule has 1 aliphatic rings. The van der Waals surface area contributed by atoms with Gasteiger partial charge in [0.1, 0.15) is 0 Å². The van der Waals surface area contributed by atoms with E-state index in [0.717, 1.165) is 34.8 Å². The molecule has 1 fully saturated rings. The molecule has 1 unspecified atom stereocenters. The lowest BCUT2D eigenvalue weighted by atomic mass is 9.72. The van der Waals surface area contributed by atoms with Crippen LogP contribution in [0.3, 0.4) is 0 Å².